The lowest BCUT2D eigenvalue weighted by Gasteiger charge is -2.04. The largest absolute Gasteiger partial charge is 0.618 e. The number of hydrogen-bond acceptors (Lipinski definition) is 2. The van der Waals surface area contributed by atoms with Crippen molar-refractivity contribution in [2.24, 2.45) is 0 Å². The quantitative estimate of drug-likeness (QED) is 0.383. The van der Waals surface area contributed by atoms with Gasteiger partial charge in [0.2, 0.25) is 0 Å². The molecule has 3 nitrogen and oxygen atoms in total. The van der Waals surface area contributed by atoms with E-state index in [0.29, 0.717) is 15.3 Å². The average Bonchev–Trinajstić information content (AvgIpc) is 2.29. The highest BCUT2D eigenvalue weighted by Gasteiger charge is 2.07. The van der Waals surface area contributed by atoms with E-state index >= 15 is 0 Å². The fourth-order valence-corrected chi connectivity index (χ4v) is 1.64. The van der Waals surface area contributed by atoms with Gasteiger partial charge < -0.3 is 10.3 Å². The summed E-state index contributed by atoms with van der Waals surface area (Å²) >= 11 is 5.82. The van der Waals surface area contributed by atoms with Gasteiger partial charge in [0.05, 0.1) is 0 Å². The minimum absolute atomic E-state index is 0.0548. The van der Waals surface area contributed by atoms with E-state index in [1.54, 1.807) is 42.5 Å². The first-order valence-corrected chi connectivity index (χ1v) is 5.39. The van der Waals surface area contributed by atoms with Crippen molar-refractivity contribution < 1.29 is 9.85 Å². The Morgan fingerprint density at radius 1 is 1.12 bits per heavy atom. The summed E-state index contributed by atoms with van der Waals surface area (Å²) in [5.41, 5.74) is 0.878. The molecule has 2 rings (SSSR count). The number of phenolic OH excluding ortho intramolecular Hbond substituents is 1. The molecule has 0 aliphatic heterocycles. The zero-order chi connectivity index (χ0) is 12.3. The number of nitrogens with zero attached hydrogens (tertiary/aromatic N) is 1. The van der Waals surface area contributed by atoms with E-state index in [1.165, 1.54) is 12.3 Å². The maximum absolute atomic E-state index is 11.8. The van der Waals surface area contributed by atoms with Gasteiger partial charge in [0.1, 0.15) is 0 Å². The van der Waals surface area contributed by atoms with Crippen molar-refractivity contribution in [3.63, 3.8) is 0 Å². The van der Waals surface area contributed by atoms with Crippen LogP contribution in [-0.4, -0.2) is 16.1 Å². The molecule has 0 radical (unpaired) electrons. The fraction of sp³-hybridized carbons (Fsp3) is 0. The predicted molar refractivity (Wildman–Crippen MR) is 68.0 cm³/mol. The first-order chi connectivity index (χ1) is 8.16. The molecule has 0 spiro atoms. The molecule has 0 bridgehead atoms. The van der Waals surface area contributed by atoms with Gasteiger partial charge in [-0.05, 0) is 24.3 Å². The lowest BCUT2D eigenvalue weighted by molar-refractivity contribution is -0.355. The molecule has 17 heavy (non-hydrogen) atoms. The van der Waals surface area contributed by atoms with E-state index in [9.17, 15) is 10.3 Å². The van der Waals surface area contributed by atoms with E-state index < -0.39 is 0 Å². The smallest absolute Gasteiger partial charge is 0.258 e. The Kier molecular flexibility index (Phi) is 3.30. The fourth-order valence-electron chi connectivity index (χ4n) is 1.44. The standard InChI is InChI=1S/C13H10ClNO2/c14-11-5-3-4-10(8-11)9-15(17)12-6-1-2-7-13(12)16/h1-9,16H. The molecule has 1 N–H and O–H groups in total. The zero-order valence-electron chi connectivity index (χ0n) is 8.88. The van der Waals surface area contributed by atoms with Crippen LogP contribution in [0.15, 0.2) is 48.5 Å². The van der Waals surface area contributed by atoms with Crippen LogP contribution in [0.5, 0.6) is 5.75 Å². The van der Waals surface area contributed by atoms with Crippen molar-refractivity contribution in [3.8, 4) is 5.75 Å². The molecule has 0 unspecified atom stereocenters. The highest BCUT2D eigenvalue weighted by atomic mass is 35.5. The molecule has 2 aromatic rings. The first-order valence-electron chi connectivity index (χ1n) is 5.01. The van der Waals surface area contributed by atoms with Gasteiger partial charge in [-0.1, -0.05) is 29.8 Å². The summed E-state index contributed by atoms with van der Waals surface area (Å²) < 4.78 is 0.612. The number of halogens is 1. The van der Waals surface area contributed by atoms with Crippen LogP contribution in [0, 0.1) is 5.21 Å². The Bertz CT molecular complexity index is 567. The minimum Gasteiger partial charge on any atom is -0.618 e. The maximum Gasteiger partial charge on any atom is 0.258 e. The lowest BCUT2D eigenvalue weighted by atomic mass is 10.2. The van der Waals surface area contributed by atoms with Crippen LogP contribution in [0.4, 0.5) is 5.69 Å². The molecule has 0 heterocycles. The van der Waals surface area contributed by atoms with Gasteiger partial charge in [-0.3, -0.25) is 0 Å². The molecule has 0 saturated heterocycles. The molecule has 0 aliphatic rings. The molecule has 2 aromatic carbocycles. The van der Waals surface area contributed by atoms with Gasteiger partial charge in [0.25, 0.3) is 5.69 Å². The molecule has 4 heteroatoms. The van der Waals surface area contributed by atoms with Gasteiger partial charge in [-0.2, -0.15) is 4.74 Å². The monoisotopic (exact) mass is 247 g/mol. The SMILES string of the molecule is [O-][N+](=Cc1cccc(Cl)c1)c1ccccc1O. The lowest BCUT2D eigenvalue weighted by Crippen LogP contribution is -1.98. The van der Waals surface area contributed by atoms with Gasteiger partial charge in [0.15, 0.2) is 12.0 Å². The number of benzene rings is 2. The van der Waals surface area contributed by atoms with Gasteiger partial charge in [0, 0.05) is 16.7 Å². The number of rotatable bonds is 2. The van der Waals surface area contributed by atoms with Crippen LogP contribution < -0.4 is 0 Å². The van der Waals surface area contributed by atoms with Crippen molar-refractivity contribution >= 4 is 23.5 Å². The van der Waals surface area contributed by atoms with Crippen molar-refractivity contribution in [2.75, 3.05) is 0 Å². The summed E-state index contributed by atoms with van der Waals surface area (Å²) in [7, 11) is 0. The van der Waals surface area contributed by atoms with Crippen LogP contribution in [0.25, 0.3) is 0 Å². The van der Waals surface area contributed by atoms with Crippen molar-refractivity contribution in [2.45, 2.75) is 0 Å². The summed E-state index contributed by atoms with van der Waals surface area (Å²) in [6, 6.07) is 13.3. The third kappa shape index (κ3) is 2.77. The summed E-state index contributed by atoms with van der Waals surface area (Å²) in [4.78, 5) is 0. The molecule has 0 aliphatic carbocycles. The molecule has 0 amide bonds. The number of para-hydroxylation sites is 2. The molecule has 0 aromatic heterocycles. The summed E-state index contributed by atoms with van der Waals surface area (Å²) in [5, 5.41) is 21.9. The van der Waals surface area contributed by atoms with Crippen molar-refractivity contribution in [1.82, 2.24) is 0 Å². The maximum atomic E-state index is 11.8. The highest BCUT2D eigenvalue weighted by Crippen LogP contribution is 2.24. The van der Waals surface area contributed by atoms with E-state index in [-0.39, 0.29) is 11.4 Å². The Hall–Kier alpha value is -2.00. The Morgan fingerprint density at radius 3 is 2.59 bits per heavy atom. The van der Waals surface area contributed by atoms with E-state index in [2.05, 4.69) is 0 Å². The molecule has 0 fully saturated rings. The third-order valence-corrected chi connectivity index (χ3v) is 2.47. The zero-order valence-corrected chi connectivity index (χ0v) is 9.63. The van der Waals surface area contributed by atoms with Crippen LogP contribution in [0.2, 0.25) is 5.02 Å². The topological polar surface area (TPSA) is 46.3 Å². The van der Waals surface area contributed by atoms with Crippen LogP contribution in [0.3, 0.4) is 0 Å². The third-order valence-electron chi connectivity index (χ3n) is 2.23. The molecule has 86 valence electrons. The highest BCUT2D eigenvalue weighted by molar-refractivity contribution is 6.30. The van der Waals surface area contributed by atoms with Crippen molar-refractivity contribution in [1.29, 1.82) is 0 Å². The Morgan fingerprint density at radius 2 is 1.88 bits per heavy atom. The normalized spacial score (nSPS) is 11.5. The minimum atomic E-state index is -0.0548. The van der Waals surface area contributed by atoms with Crippen LogP contribution in [0.1, 0.15) is 5.56 Å². The number of phenols is 1. The second kappa shape index (κ2) is 4.89. The van der Waals surface area contributed by atoms with E-state index in [1.807, 2.05) is 0 Å². The Balaban J connectivity index is 2.38. The summed E-state index contributed by atoms with van der Waals surface area (Å²) in [6.45, 7) is 0. The summed E-state index contributed by atoms with van der Waals surface area (Å²) in [6.07, 6.45) is 1.36. The molecule has 0 saturated carbocycles. The first kappa shape index (κ1) is 11.5. The molecular weight excluding hydrogens is 238 g/mol. The number of hydrogen-bond donors (Lipinski definition) is 1. The van der Waals surface area contributed by atoms with Crippen LogP contribution in [-0.2, 0) is 0 Å². The van der Waals surface area contributed by atoms with Crippen molar-refractivity contribution in [3.05, 3.63) is 64.3 Å². The van der Waals surface area contributed by atoms with E-state index in [0.717, 1.165) is 0 Å². The second-order valence-corrected chi connectivity index (χ2v) is 3.94. The van der Waals surface area contributed by atoms with Crippen LogP contribution >= 0.6 is 11.6 Å². The van der Waals surface area contributed by atoms with Gasteiger partial charge in [-0.25, -0.2) is 0 Å². The molecule has 0 atom stereocenters. The second-order valence-electron chi connectivity index (χ2n) is 3.50. The van der Waals surface area contributed by atoms with E-state index in [4.69, 9.17) is 11.6 Å². The van der Waals surface area contributed by atoms with Gasteiger partial charge in [-0.15, -0.1) is 0 Å². The summed E-state index contributed by atoms with van der Waals surface area (Å²) in [5.74, 6) is -0.0548. The predicted octanol–water partition coefficient (Wildman–Crippen LogP) is 3.31. The molecular formula is C13H10ClNO2. The number of aromatic hydroxyl groups is 1. The average molecular weight is 248 g/mol. The Labute approximate surface area is 104 Å². The van der Waals surface area contributed by atoms with Gasteiger partial charge >= 0.3 is 0 Å².